The molecule has 0 bridgehead atoms. The van der Waals surface area contributed by atoms with Crippen molar-refractivity contribution in [1.82, 2.24) is 9.78 Å². The van der Waals surface area contributed by atoms with Crippen molar-refractivity contribution in [2.75, 3.05) is 16.8 Å². The third-order valence-corrected chi connectivity index (χ3v) is 4.55. The van der Waals surface area contributed by atoms with Gasteiger partial charge in [0.05, 0.1) is 11.9 Å². The maximum absolute atomic E-state index is 12.0. The normalized spacial score (nSPS) is 11.5. The van der Waals surface area contributed by atoms with Crippen LogP contribution in [-0.4, -0.2) is 38.6 Å². The van der Waals surface area contributed by atoms with E-state index in [-0.39, 0.29) is 23.9 Å². The van der Waals surface area contributed by atoms with E-state index in [9.17, 15) is 23.2 Å². The first-order chi connectivity index (χ1) is 12.2. The number of pyridine rings is 1. The van der Waals surface area contributed by atoms with Crippen molar-refractivity contribution >= 4 is 35.0 Å². The quantitative estimate of drug-likeness (QED) is 0.398. The number of alkyl halides is 3. The fourth-order valence-electron chi connectivity index (χ4n) is 2.01. The molecular weight excluding hydrogens is 393 g/mol. The Morgan fingerprint density at radius 3 is 2.88 bits per heavy atom. The summed E-state index contributed by atoms with van der Waals surface area (Å²) < 4.78 is 38.3. The third-order valence-electron chi connectivity index (χ3n) is 3.20. The maximum Gasteiger partial charge on any atom is 0.389 e. The average molecular weight is 410 g/mol. The Hall–Kier alpha value is -1.94. The monoisotopic (exact) mass is 409 g/mol. The molecule has 6 nitrogen and oxygen atoms in total. The van der Waals surface area contributed by atoms with Crippen molar-refractivity contribution in [2.24, 2.45) is 0 Å². The second-order valence-corrected chi connectivity index (χ2v) is 6.93. The van der Waals surface area contributed by atoms with Gasteiger partial charge in [0.25, 0.3) is 0 Å². The highest BCUT2D eigenvalue weighted by atomic mass is 35.5. The molecule has 0 aromatic carbocycles. The second-order valence-electron chi connectivity index (χ2n) is 5.35. The summed E-state index contributed by atoms with van der Waals surface area (Å²) in [6.07, 6.45) is -0.407. The largest absolute Gasteiger partial charge is 0.389 e. The van der Waals surface area contributed by atoms with Crippen molar-refractivity contribution in [3.05, 3.63) is 35.9 Å². The van der Waals surface area contributed by atoms with E-state index in [0.29, 0.717) is 22.9 Å². The molecule has 2 rings (SSSR count). The molecule has 0 saturated carbocycles. The zero-order valence-electron chi connectivity index (χ0n) is 13.5. The predicted molar refractivity (Wildman–Crippen MR) is 91.8 cm³/mol. The average Bonchev–Trinajstić information content (AvgIpc) is 2.91. The van der Waals surface area contributed by atoms with E-state index in [1.165, 1.54) is 35.0 Å². The zero-order valence-corrected chi connectivity index (χ0v) is 15.1. The molecule has 0 saturated heterocycles. The standard InChI is InChI=1S/C15H16ClF3N4O2S/c16-14-12(10-23(21-14)11-3-1-6-22(25)9-11)20-13(24)4-8-26-7-2-5-15(17,18)19/h1,3,6,9-10H,2,4-5,7-8H2,(H-,20,24,25)/p+1. The minimum atomic E-state index is -4.14. The van der Waals surface area contributed by atoms with E-state index < -0.39 is 12.6 Å². The molecule has 0 atom stereocenters. The summed E-state index contributed by atoms with van der Waals surface area (Å²) in [6, 6.07) is 3.30. The van der Waals surface area contributed by atoms with Crippen LogP contribution in [0.15, 0.2) is 30.7 Å². The van der Waals surface area contributed by atoms with Crippen LogP contribution in [0.2, 0.25) is 5.15 Å². The number of nitrogens with one attached hydrogen (secondary N) is 1. The predicted octanol–water partition coefficient (Wildman–Crippen LogP) is 3.45. The number of rotatable bonds is 8. The molecule has 1 amide bonds. The van der Waals surface area contributed by atoms with Gasteiger partial charge in [-0.2, -0.15) is 30.0 Å². The Kier molecular flexibility index (Phi) is 7.15. The van der Waals surface area contributed by atoms with Crippen LogP contribution in [0.3, 0.4) is 0 Å². The number of aromatic nitrogens is 3. The van der Waals surface area contributed by atoms with Gasteiger partial charge in [-0.25, -0.2) is 4.68 Å². The zero-order chi connectivity index (χ0) is 19.2. The summed E-state index contributed by atoms with van der Waals surface area (Å²) in [5, 5.41) is 16.2. The SMILES string of the molecule is O=C(CCSCCCC(F)(F)F)Nc1cn(-c2ccc[n+](O)c2)nc1Cl. The van der Waals surface area contributed by atoms with Gasteiger partial charge in [-0.3, -0.25) is 10.0 Å². The molecule has 0 unspecified atom stereocenters. The molecule has 2 aromatic heterocycles. The lowest BCUT2D eigenvalue weighted by molar-refractivity contribution is -0.904. The van der Waals surface area contributed by atoms with Crippen LogP contribution in [0.1, 0.15) is 19.3 Å². The number of carbonyl (C=O) groups is 1. The lowest BCUT2D eigenvalue weighted by Crippen LogP contribution is -2.29. The van der Waals surface area contributed by atoms with Gasteiger partial charge in [0.15, 0.2) is 5.15 Å². The molecule has 2 aromatic rings. The van der Waals surface area contributed by atoms with Crippen molar-refractivity contribution in [3.8, 4) is 5.69 Å². The Morgan fingerprint density at radius 2 is 2.19 bits per heavy atom. The van der Waals surface area contributed by atoms with Gasteiger partial charge in [-0.05, 0) is 18.2 Å². The fourth-order valence-corrected chi connectivity index (χ4v) is 3.07. The molecule has 0 aliphatic carbocycles. The minimum absolute atomic E-state index is 0.0380. The van der Waals surface area contributed by atoms with Gasteiger partial charge in [-0.1, -0.05) is 11.6 Å². The number of thioether (sulfide) groups is 1. The van der Waals surface area contributed by atoms with E-state index in [4.69, 9.17) is 11.6 Å². The first-order valence-electron chi connectivity index (χ1n) is 7.65. The van der Waals surface area contributed by atoms with Gasteiger partial charge in [0.1, 0.15) is 5.69 Å². The van der Waals surface area contributed by atoms with Crippen LogP contribution >= 0.6 is 23.4 Å². The Bertz CT molecular complexity index is 755. The number of carbonyl (C=O) groups excluding carboxylic acids is 1. The molecule has 142 valence electrons. The molecule has 0 aliphatic heterocycles. The summed E-state index contributed by atoms with van der Waals surface area (Å²) in [7, 11) is 0. The molecule has 2 heterocycles. The maximum atomic E-state index is 12.0. The fraction of sp³-hybridized carbons (Fsp3) is 0.400. The van der Waals surface area contributed by atoms with Crippen LogP contribution in [0, 0.1) is 0 Å². The molecule has 26 heavy (non-hydrogen) atoms. The number of hydrogen-bond acceptors (Lipinski definition) is 4. The van der Waals surface area contributed by atoms with E-state index in [2.05, 4.69) is 10.4 Å². The highest BCUT2D eigenvalue weighted by molar-refractivity contribution is 7.99. The Balaban J connectivity index is 1.79. The number of anilines is 1. The second kappa shape index (κ2) is 9.13. The number of nitrogens with zero attached hydrogens (tertiary/aromatic N) is 3. The van der Waals surface area contributed by atoms with Gasteiger partial charge in [-0.15, -0.1) is 0 Å². The van der Waals surface area contributed by atoms with Crippen molar-refractivity contribution < 1.29 is 27.9 Å². The van der Waals surface area contributed by atoms with Crippen LogP contribution in [-0.2, 0) is 4.79 Å². The first kappa shape index (κ1) is 20.4. The highest BCUT2D eigenvalue weighted by Crippen LogP contribution is 2.23. The smallest absolute Gasteiger partial charge is 0.322 e. The van der Waals surface area contributed by atoms with Crippen LogP contribution < -0.4 is 10.0 Å². The number of amides is 1. The van der Waals surface area contributed by atoms with Crippen molar-refractivity contribution in [1.29, 1.82) is 0 Å². The van der Waals surface area contributed by atoms with Crippen molar-refractivity contribution in [2.45, 2.75) is 25.4 Å². The van der Waals surface area contributed by atoms with Gasteiger partial charge in [0, 0.05) is 29.4 Å². The van der Waals surface area contributed by atoms with Gasteiger partial charge >= 0.3 is 6.18 Å². The molecule has 0 fully saturated rings. The molecule has 0 spiro atoms. The van der Waals surface area contributed by atoms with Crippen LogP contribution in [0.5, 0.6) is 0 Å². The number of hydrogen-bond donors (Lipinski definition) is 2. The summed E-state index contributed by atoms with van der Waals surface area (Å²) in [5.41, 5.74) is 0.852. The molecule has 2 N–H and O–H groups in total. The highest BCUT2D eigenvalue weighted by Gasteiger charge is 2.25. The third kappa shape index (κ3) is 6.75. The molecule has 0 radical (unpaired) electrons. The van der Waals surface area contributed by atoms with Gasteiger partial charge < -0.3 is 5.32 Å². The summed E-state index contributed by atoms with van der Waals surface area (Å²) in [6.45, 7) is 0. The van der Waals surface area contributed by atoms with E-state index >= 15 is 0 Å². The first-order valence-corrected chi connectivity index (χ1v) is 9.18. The van der Waals surface area contributed by atoms with Crippen LogP contribution in [0.25, 0.3) is 5.69 Å². The summed E-state index contributed by atoms with van der Waals surface area (Å²) in [5.74, 6) is 0.458. The van der Waals surface area contributed by atoms with Gasteiger partial charge in [0.2, 0.25) is 18.3 Å². The number of halogens is 4. The summed E-state index contributed by atoms with van der Waals surface area (Å²) in [4.78, 5) is 11.9. The Morgan fingerprint density at radius 1 is 1.42 bits per heavy atom. The molecule has 11 heteroatoms. The topological polar surface area (TPSA) is 71.0 Å². The minimum Gasteiger partial charge on any atom is -0.322 e. The van der Waals surface area contributed by atoms with Crippen LogP contribution in [0.4, 0.5) is 18.9 Å². The summed E-state index contributed by atoms with van der Waals surface area (Å²) >= 11 is 7.29. The van der Waals surface area contributed by atoms with Crippen molar-refractivity contribution in [3.63, 3.8) is 0 Å². The Labute approximate surface area is 156 Å². The molecule has 0 aliphatic rings. The lowest BCUT2D eigenvalue weighted by Gasteiger charge is -2.06. The molecular formula is C15H17ClF3N4O2S+. The van der Waals surface area contributed by atoms with E-state index in [0.717, 1.165) is 4.73 Å². The van der Waals surface area contributed by atoms with E-state index in [1.54, 1.807) is 12.1 Å². The van der Waals surface area contributed by atoms with E-state index in [1.807, 2.05) is 0 Å². The lowest BCUT2D eigenvalue weighted by atomic mass is 10.3.